The lowest BCUT2D eigenvalue weighted by Crippen LogP contribution is -2.24. The molecule has 3 aromatic rings. The van der Waals surface area contributed by atoms with Crippen LogP contribution in [0.1, 0.15) is 36.6 Å². The van der Waals surface area contributed by atoms with E-state index in [0.29, 0.717) is 22.8 Å². The van der Waals surface area contributed by atoms with Gasteiger partial charge in [0.2, 0.25) is 5.95 Å². The van der Waals surface area contributed by atoms with Gasteiger partial charge in [-0.05, 0) is 23.6 Å². The highest BCUT2D eigenvalue weighted by molar-refractivity contribution is 6.30. The third-order valence-electron chi connectivity index (χ3n) is 3.45. The highest BCUT2D eigenvalue weighted by Crippen LogP contribution is 2.20. The van der Waals surface area contributed by atoms with Crippen molar-refractivity contribution in [1.82, 2.24) is 19.6 Å². The van der Waals surface area contributed by atoms with Crippen LogP contribution in [-0.2, 0) is 6.42 Å². The summed E-state index contributed by atoms with van der Waals surface area (Å²) in [6.45, 7) is 3.99. The number of fused-ring (bicyclic) bond motifs is 1. The van der Waals surface area contributed by atoms with Crippen LogP contribution in [0.25, 0.3) is 5.78 Å². The van der Waals surface area contributed by atoms with Gasteiger partial charge in [-0.1, -0.05) is 37.6 Å². The number of halogens is 1. The van der Waals surface area contributed by atoms with Crippen molar-refractivity contribution >= 4 is 23.3 Å². The molecule has 3 rings (SSSR count). The first-order valence-corrected chi connectivity index (χ1v) is 7.35. The fourth-order valence-electron chi connectivity index (χ4n) is 2.48. The number of nitrogens with two attached hydrogens (primary N) is 1. The summed E-state index contributed by atoms with van der Waals surface area (Å²) in [5, 5.41) is 3.35. The molecule has 0 atom stereocenters. The van der Waals surface area contributed by atoms with Gasteiger partial charge in [-0.2, -0.15) is 9.50 Å². The maximum absolute atomic E-state index is 12.7. The van der Waals surface area contributed by atoms with Crippen molar-refractivity contribution < 1.29 is 0 Å². The van der Waals surface area contributed by atoms with Gasteiger partial charge in [0.05, 0.1) is 5.69 Å². The van der Waals surface area contributed by atoms with Gasteiger partial charge in [0.1, 0.15) is 0 Å². The van der Waals surface area contributed by atoms with Gasteiger partial charge in [0, 0.05) is 17.0 Å². The molecule has 1 aromatic carbocycles. The van der Waals surface area contributed by atoms with Crippen LogP contribution in [0.5, 0.6) is 0 Å². The fraction of sp³-hybridized carbons (Fsp3) is 0.267. The molecule has 0 aliphatic carbocycles. The minimum absolute atomic E-state index is 0.102. The molecule has 2 heterocycles. The summed E-state index contributed by atoms with van der Waals surface area (Å²) in [5.41, 5.74) is 7.76. The van der Waals surface area contributed by atoms with E-state index in [1.807, 2.05) is 32.0 Å². The van der Waals surface area contributed by atoms with E-state index < -0.39 is 0 Å². The molecule has 0 radical (unpaired) electrons. The lowest BCUT2D eigenvalue weighted by molar-refractivity contribution is 0.769. The van der Waals surface area contributed by atoms with Gasteiger partial charge < -0.3 is 5.73 Å². The third-order valence-corrected chi connectivity index (χ3v) is 3.69. The highest BCUT2D eigenvalue weighted by Gasteiger charge is 2.18. The zero-order valence-electron chi connectivity index (χ0n) is 12.3. The summed E-state index contributed by atoms with van der Waals surface area (Å²) >= 11 is 6.02. The Labute approximate surface area is 131 Å². The van der Waals surface area contributed by atoms with Gasteiger partial charge in [-0.3, -0.25) is 9.89 Å². The summed E-state index contributed by atoms with van der Waals surface area (Å²) < 4.78 is 1.28. The van der Waals surface area contributed by atoms with Crippen molar-refractivity contribution in [3.63, 3.8) is 0 Å². The van der Waals surface area contributed by atoms with Crippen LogP contribution in [0.3, 0.4) is 0 Å². The summed E-state index contributed by atoms with van der Waals surface area (Å²) in [6.07, 6.45) is 0.460. The number of anilines is 1. The van der Waals surface area contributed by atoms with Crippen LogP contribution in [0.4, 0.5) is 5.95 Å². The number of hydrogen-bond donors (Lipinski definition) is 2. The van der Waals surface area contributed by atoms with Crippen LogP contribution < -0.4 is 11.3 Å². The normalized spacial score (nSPS) is 11.5. The van der Waals surface area contributed by atoms with Gasteiger partial charge in [-0.15, -0.1) is 0 Å². The molecule has 2 aromatic heterocycles. The Morgan fingerprint density at radius 3 is 2.82 bits per heavy atom. The zero-order valence-corrected chi connectivity index (χ0v) is 13.1. The average Bonchev–Trinajstić information content (AvgIpc) is 2.82. The molecule has 0 saturated carbocycles. The number of H-pyrrole nitrogens is 1. The van der Waals surface area contributed by atoms with Crippen molar-refractivity contribution in [2.24, 2.45) is 0 Å². The Hall–Kier alpha value is -2.34. The number of rotatable bonds is 3. The van der Waals surface area contributed by atoms with E-state index in [1.54, 1.807) is 6.07 Å². The Morgan fingerprint density at radius 1 is 1.36 bits per heavy atom. The maximum atomic E-state index is 12.7. The summed E-state index contributed by atoms with van der Waals surface area (Å²) in [4.78, 5) is 21.2. The van der Waals surface area contributed by atoms with E-state index in [9.17, 15) is 4.79 Å². The lowest BCUT2D eigenvalue weighted by atomic mass is 9.99. The first-order valence-electron chi connectivity index (χ1n) is 6.97. The maximum Gasteiger partial charge on any atom is 0.277 e. The molecule has 0 unspecified atom stereocenters. The molecule has 7 heteroatoms. The molecule has 0 aliphatic heterocycles. The van der Waals surface area contributed by atoms with E-state index in [0.717, 1.165) is 11.3 Å². The number of hydrogen-bond acceptors (Lipinski definition) is 4. The summed E-state index contributed by atoms with van der Waals surface area (Å²) in [5.74, 6) is 0.560. The Kier molecular flexibility index (Phi) is 3.62. The monoisotopic (exact) mass is 317 g/mol. The quantitative estimate of drug-likeness (QED) is 0.776. The van der Waals surface area contributed by atoms with Crippen molar-refractivity contribution in [1.29, 1.82) is 0 Å². The second-order valence-electron chi connectivity index (χ2n) is 5.49. The van der Waals surface area contributed by atoms with Gasteiger partial charge in [0.25, 0.3) is 11.3 Å². The van der Waals surface area contributed by atoms with Crippen molar-refractivity contribution in [2.75, 3.05) is 5.73 Å². The number of benzene rings is 1. The van der Waals surface area contributed by atoms with E-state index in [1.165, 1.54) is 4.52 Å². The molecular weight excluding hydrogens is 302 g/mol. The number of aromatic nitrogens is 4. The van der Waals surface area contributed by atoms with Gasteiger partial charge >= 0.3 is 0 Å². The topological polar surface area (TPSA) is 89.1 Å². The van der Waals surface area contributed by atoms with E-state index in [2.05, 4.69) is 15.1 Å². The van der Waals surface area contributed by atoms with Crippen molar-refractivity contribution in [2.45, 2.75) is 26.2 Å². The minimum atomic E-state index is -0.183. The Morgan fingerprint density at radius 2 is 2.14 bits per heavy atom. The molecule has 0 aliphatic rings. The fourth-order valence-corrected chi connectivity index (χ4v) is 2.69. The smallest absolute Gasteiger partial charge is 0.277 e. The van der Waals surface area contributed by atoms with Crippen molar-refractivity contribution in [3.8, 4) is 0 Å². The van der Waals surface area contributed by atoms with Crippen LogP contribution >= 0.6 is 11.6 Å². The molecule has 0 bridgehead atoms. The first-order chi connectivity index (χ1) is 10.5. The van der Waals surface area contributed by atoms with Crippen LogP contribution in [-0.4, -0.2) is 19.6 Å². The minimum Gasteiger partial charge on any atom is -0.368 e. The van der Waals surface area contributed by atoms with Crippen LogP contribution in [0.2, 0.25) is 5.02 Å². The molecule has 6 nitrogen and oxygen atoms in total. The SMILES string of the molecule is CC(C)c1nc2nc(N)[nH]n2c(=O)c1Cc1cccc(Cl)c1. The highest BCUT2D eigenvalue weighted by atomic mass is 35.5. The molecule has 0 spiro atoms. The largest absolute Gasteiger partial charge is 0.368 e. The predicted octanol–water partition coefficient (Wildman–Crippen LogP) is 2.37. The third kappa shape index (κ3) is 2.57. The van der Waals surface area contributed by atoms with Crippen LogP contribution in [0.15, 0.2) is 29.1 Å². The Balaban J connectivity index is 2.20. The number of nitrogens with zero attached hydrogens (tertiary/aromatic N) is 3. The van der Waals surface area contributed by atoms with E-state index >= 15 is 0 Å². The van der Waals surface area contributed by atoms with Crippen LogP contribution in [0, 0.1) is 0 Å². The first kappa shape index (κ1) is 14.6. The molecule has 0 saturated heterocycles. The molecule has 22 heavy (non-hydrogen) atoms. The van der Waals surface area contributed by atoms with Gasteiger partial charge in [-0.25, -0.2) is 4.98 Å². The van der Waals surface area contributed by atoms with Gasteiger partial charge in [0.15, 0.2) is 0 Å². The second kappa shape index (κ2) is 5.46. The molecule has 0 amide bonds. The lowest BCUT2D eigenvalue weighted by Gasteiger charge is -2.11. The predicted molar refractivity (Wildman–Crippen MR) is 86.4 cm³/mol. The summed E-state index contributed by atoms with van der Waals surface area (Å²) in [7, 11) is 0. The zero-order chi connectivity index (χ0) is 15.9. The molecule has 114 valence electrons. The molecular formula is C15H16ClN5O. The number of aromatic amines is 1. The summed E-state index contributed by atoms with van der Waals surface area (Å²) in [6, 6.07) is 7.45. The standard InChI is InChI=1S/C15H16ClN5O/c1-8(2)12-11(7-9-4-3-5-10(16)6-9)13(22)21-15(18-12)19-14(17)20-21/h3-6,8H,7H2,1-2H3,(H3,17,18,19,20). The Bertz CT molecular complexity index is 897. The number of nitrogen functional groups attached to an aromatic ring is 1. The average molecular weight is 318 g/mol. The molecule has 0 fully saturated rings. The van der Waals surface area contributed by atoms with Crippen molar-refractivity contribution in [3.05, 3.63) is 56.5 Å². The van der Waals surface area contributed by atoms with E-state index in [4.69, 9.17) is 17.3 Å². The van der Waals surface area contributed by atoms with E-state index in [-0.39, 0.29) is 17.4 Å². The number of nitrogens with one attached hydrogen (secondary N) is 1. The second-order valence-corrected chi connectivity index (χ2v) is 5.92. The molecule has 3 N–H and O–H groups in total.